The Balaban J connectivity index is 5.61. The minimum absolute atomic E-state index is 0.544. The maximum Gasteiger partial charge on any atom is 0.326 e. The van der Waals surface area contributed by atoms with E-state index in [9.17, 15) is 38.7 Å². The molecule has 0 bridgehead atoms. The highest BCUT2D eigenvalue weighted by Crippen LogP contribution is 2.17. The fourth-order valence-electron chi connectivity index (χ4n) is 2.35. The Bertz CT molecular complexity index is 732. The Morgan fingerprint density at radius 3 is 1.42 bits per heavy atom. The van der Waals surface area contributed by atoms with Crippen LogP contribution in [0.2, 0.25) is 0 Å². The lowest BCUT2D eigenvalue weighted by Crippen LogP contribution is -2.57. The van der Waals surface area contributed by atoms with E-state index in [0.29, 0.717) is 0 Å². The van der Waals surface area contributed by atoms with E-state index in [1.807, 2.05) is 10.6 Å². The van der Waals surface area contributed by atoms with Crippen molar-refractivity contribution >= 4 is 41.7 Å². The van der Waals surface area contributed by atoms with Crippen LogP contribution in [0, 0.1) is 0 Å². The molecule has 0 saturated carbocycles. The van der Waals surface area contributed by atoms with Crippen molar-refractivity contribution < 1.29 is 64.2 Å². The number of carbonyl (C=O) groups excluding carboxylic acids is 2. The van der Waals surface area contributed by atoms with E-state index in [4.69, 9.17) is 25.5 Å². The molecule has 0 radical (unpaired) electrons. The van der Waals surface area contributed by atoms with Crippen molar-refractivity contribution in [3.05, 3.63) is 0 Å². The molecule has 0 rings (SSSR count). The number of carboxylic acid groups (broad SMARTS) is 5. The summed E-state index contributed by atoms with van der Waals surface area (Å²) in [7, 11) is 0. The van der Waals surface area contributed by atoms with Crippen LogP contribution >= 0.6 is 0 Å². The standard InChI is InChI=1S/C16H22N2O13/c19-9(20)3-1-7(13(27)17-8(14(28)29)2-4-10(21)22)18-15(30)16(31,5-11(23)24)6-12(25)26/h7-8,31H,1-6H2,(H,17,27)(H,18,30)(H,19,20)(H,21,22)(H,23,24)(H,25,26)(H,28,29). The number of aliphatic hydroxyl groups is 1. The molecule has 2 unspecified atom stereocenters. The lowest BCUT2D eigenvalue weighted by atomic mass is 9.93. The topological polar surface area (TPSA) is 265 Å². The van der Waals surface area contributed by atoms with Crippen LogP contribution in [0.1, 0.15) is 38.5 Å². The average Bonchev–Trinajstić information content (AvgIpc) is 2.59. The quantitative estimate of drug-likeness (QED) is 0.128. The second-order valence-electron chi connectivity index (χ2n) is 6.46. The van der Waals surface area contributed by atoms with Crippen LogP contribution < -0.4 is 10.6 Å². The van der Waals surface area contributed by atoms with Gasteiger partial charge in [0.25, 0.3) is 5.91 Å². The zero-order valence-electron chi connectivity index (χ0n) is 15.9. The number of nitrogens with one attached hydrogen (secondary N) is 2. The van der Waals surface area contributed by atoms with Crippen molar-refractivity contribution in [2.75, 3.05) is 0 Å². The van der Waals surface area contributed by atoms with Crippen molar-refractivity contribution in [3.8, 4) is 0 Å². The number of carboxylic acids is 5. The van der Waals surface area contributed by atoms with Gasteiger partial charge in [-0.2, -0.15) is 0 Å². The number of rotatable bonds is 15. The van der Waals surface area contributed by atoms with Gasteiger partial charge in [0.05, 0.1) is 12.8 Å². The van der Waals surface area contributed by atoms with Crippen LogP contribution in [0.4, 0.5) is 0 Å². The summed E-state index contributed by atoms with van der Waals surface area (Å²) >= 11 is 0. The summed E-state index contributed by atoms with van der Waals surface area (Å²) in [5.41, 5.74) is -2.99. The molecule has 31 heavy (non-hydrogen) atoms. The molecular formula is C16H22N2O13. The summed E-state index contributed by atoms with van der Waals surface area (Å²) < 4.78 is 0. The van der Waals surface area contributed by atoms with Crippen molar-refractivity contribution in [3.63, 3.8) is 0 Å². The lowest BCUT2D eigenvalue weighted by Gasteiger charge is -2.27. The second kappa shape index (κ2) is 12.1. The molecular weight excluding hydrogens is 428 g/mol. The van der Waals surface area contributed by atoms with E-state index < -0.39 is 97.9 Å². The van der Waals surface area contributed by atoms with E-state index in [-0.39, 0.29) is 0 Å². The summed E-state index contributed by atoms with van der Waals surface area (Å²) in [6.45, 7) is 0. The van der Waals surface area contributed by atoms with Crippen molar-refractivity contribution in [2.45, 2.75) is 56.2 Å². The van der Waals surface area contributed by atoms with Gasteiger partial charge in [-0.1, -0.05) is 0 Å². The highest BCUT2D eigenvalue weighted by atomic mass is 16.4. The molecule has 0 aliphatic rings. The van der Waals surface area contributed by atoms with Gasteiger partial charge in [-0.25, -0.2) is 4.79 Å². The van der Waals surface area contributed by atoms with Gasteiger partial charge < -0.3 is 41.3 Å². The van der Waals surface area contributed by atoms with Crippen LogP contribution in [0.25, 0.3) is 0 Å². The molecule has 2 amide bonds. The van der Waals surface area contributed by atoms with Crippen LogP contribution in [0.5, 0.6) is 0 Å². The smallest absolute Gasteiger partial charge is 0.326 e. The zero-order valence-corrected chi connectivity index (χ0v) is 15.9. The minimum atomic E-state index is -2.99. The predicted molar refractivity (Wildman–Crippen MR) is 94.7 cm³/mol. The molecule has 0 aliphatic heterocycles. The van der Waals surface area contributed by atoms with Crippen molar-refractivity contribution in [1.29, 1.82) is 0 Å². The summed E-state index contributed by atoms with van der Waals surface area (Å²) in [6.07, 6.45) is -5.24. The molecule has 0 fully saturated rings. The Morgan fingerprint density at radius 1 is 0.645 bits per heavy atom. The van der Waals surface area contributed by atoms with E-state index in [1.165, 1.54) is 0 Å². The highest BCUT2D eigenvalue weighted by molar-refractivity contribution is 5.96. The summed E-state index contributed by atoms with van der Waals surface area (Å²) in [5, 5.41) is 58.0. The Labute approximate surface area is 173 Å². The number of amides is 2. The Kier molecular flexibility index (Phi) is 10.6. The van der Waals surface area contributed by atoms with Gasteiger partial charge in [-0.15, -0.1) is 0 Å². The fourth-order valence-corrected chi connectivity index (χ4v) is 2.35. The maximum atomic E-state index is 12.4. The first-order valence-corrected chi connectivity index (χ1v) is 8.61. The summed E-state index contributed by atoms with van der Waals surface area (Å²) in [5.74, 6) is -10.8. The Morgan fingerprint density at radius 2 is 1.06 bits per heavy atom. The molecule has 0 saturated heterocycles. The molecule has 0 aromatic carbocycles. The summed E-state index contributed by atoms with van der Waals surface area (Å²) in [4.78, 5) is 79.1. The summed E-state index contributed by atoms with van der Waals surface area (Å²) in [6, 6.07) is -3.52. The van der Waals surface area contributed by atoms with Gasteiger partial charge in [0.15, 0.2) is 5.60 Å². The van der Waals surface area contributed by atoms with Crippen LogP contribution in [-0.2, 0) is 33.6 Å². The van der Waals surface area contributed by atoms with E-state index in [2.05, 4.69) is 0 Å². The molecule has 0 aliphatic carbocycles. The number of aliphatic carboxylic acids is 5. The number of hydrogen-bond acceptors (Lipinski definition) is 8. The monoisotopic (exact) mass is 450 g/mol. The van der Waals surface area contributed by atoms with Gasteiger partial charge in [0.1, 0.15) is 12.1 Å². The first-order chi connectivity index (χ1) is 14.2. The Hall–Kier alpha value is -3.75. The first kappa shape index (κ1) is 27.2. The third kappa shape index (κ3) is 10.6. The van der Waals surface area contributed by atoms with Gasteiger partial charge in [0, 0.05) is 12.8 Å². The molecule has 15 nitrogen and oxygen atoms in total. The van der Waals surface area contributed by atoms with E-state index >= 15 is 0 Å². The normalized spacial score (nSPS) is 12.8. The largest absolute Gasteiger partial charge is 0.481 e. The van der Waals surface area contributed by atoms with E-state index in [0.717, 1.165) is 0 Å². The van der Waals surface area contributed by atoms with Crippen molar-refractivity contribution in [1.82, 2.24) is 10.6 Å². The predicted octanol–water partition coefficient (Wildman–Crippen LogP) is -2.55. The fraction of sp³-hybridized carbons (Fsp3) is 0.562. The molecule has 0 heterocycles. The van der Waals surface area contributed by atoms with Crippen LogP contribution in [0.15, 0.2) is 0 Å². The van der Waals surface area contributed by atoms with E-state index in [1.54, 1.807) is 0 Å². The third-order valence-electron chi connectivity index (χ3n) is 3.84. The minimum Gasteiger partial charge on any atom is -0.481 e. The maximum absolute atomic E-state index is 12.4. The van der Waals surface area contributed by atoms with Gasteiger partial charge in [0.2, 0.25) is 5.91 Å². The average molecular weight is 450 g/mol. The molecule has 2 atom stereocenters. The van der Waals surface area contributed by atoms with Gasteiger partial charge in [-0.05, 0) is 12.8 Å². The lowest BCUT2D eigenvalue weighted by molar-refractivity contribution is -0.159. The highest BCUT2D eigenvalue weighted by Gasteiger charge is 2.42. The number of carbonyl (C=O) groups is 7. The molecule has 0 aromatic rings. The first-order valence-electron chi connectivity index (χ1n) is 8.61. The second-order valence-corrected chi connectivity index (χ2v) is 6.46. The molecule has 174 valence electrons. The van der Waals surface area contributed by atoms with Crippen LogP contribution in [0.3, 0.4) is 0 Å². The van der Waals surface area contributed by atoms with Gasteiger partial charge >= 0.3 is 29.8 Å². The molecule has 15 heteroatoms. The number of hydrogen-bond donors (Lipinski definition) is 8. The molecule has 0 aromatic heterocycles. The molecule has 8 N–H and O–H groups in total. The third-order valence-corrected chi connectivity index (χ3v) is 3.84. The van der Waals surface area contributed by atoms with Crippen LogP contribution in [-0.4, -0.2) is 90.0 Å². The van der Waals surface area contributed by atoms with Crippen molar-refractivity contribution in [2.24, 2.45) is 0 Å². The zero-order chi connectivity index (χ0) is 24.4. The van der Waals surface area contributed by atoms with Gasteiger partial charge in [-0.3, -0.25) is 28.8 Å². The molecule has 0 spiro atoms. The SMILES string of the molecule is O=C(O)CCC(NC(=O)C(CCC(=O)O)NC(=O)C(O)(CC(=O)O)CC(=O)O)C(=O)O.